The van der Waals surface area contributed by atoms with Crippen molar-refractivity contribution >= 4 is 69.4 Å². The zero-order valence-electron chi connectivity index (χ0n) is 27.2. The topological polar surface area (TPSA) is 231 Å². The van der Waals surface area contributed by atoms with Crippen molar-refractivity contribution in [2.75, 3.05) is 10.6 Å². The predicted octanol–water partition coefficient (Wildman–Crippen LogP) is 5.30. The van der Waals surface area contributed by atoms with E-state index in [9.17, 15) is 26.3 Å². The van der Waals surface area contributed by atoms with Gasteiger partial charge in [0.15, 0.2) is 0 Å². The predicted molar refractivity (Wildman–Crippen MR) is 185 cm³/mol. The number of anilines is 2. The van der Waals surface area contributed by atoms with E-state index in [1.807, 2.05) is 72.8 Å². The molecule has 2 aromatic carbocycles. The van der Waals surface area contributed by atoms with Crippen LogP contribution in [0.4, 0.5) is 38.2 Å². The summed E-state index contributed by atoms with van der Waals surface area (Å²) in [5, 5.41) is 28.5. The number of guanidine groups is 2. The van der Waals surface area contributed by atoms with E-state index in [0.717, 1.165) is 22.1 Å². The third-order valence-corrected chi connectivity index (χ3v) is 7.78. The van der Waals surface area contributed by atoms with Crippen LogP contribution in [0.2, 0.25) is 5.02 Å². The number of aliphatic carboxylic acids is 2. The fourth-order valence-corrected chi connectivity index (χ4v) is 5.47. The third-order valence-electron chi connectivity index (χ3n) is 7.55. The number of aliphatic imine (C=N–C) groups is 2. The lowest BCUT2D eigenvalue weighted by molar-refractivity contribution is -0.193. The molecular weight excluding hydrogens is 766 g/mol. The lowest BCUT2D eigenvalue weighted by atomic mass is 9.88. The van der Waals surface area contributed by atoms with Crippen LogP contribution in [0.1, 0.15) is 11.4 Å². The minimum Gasteiger partial charge on any atom is -0.475 e. The van der Waals surface area contributed by atoms with Gasteiger partial charge in [0.25, 0.3) is 0 Å². The molecule has 16 nitrogen and oxygen atoms in total. The van der Waals surface area contributed by atoms with Crippen molar-refractivity contribution in [3.63, 3.8) is 0 Å². The van der Waals surface area contributed by atoms with E-state index in [0.29, 0.717) is 40.2 Å². The van der Waals surface area contributed by atoms with Crippen LogP contribution in [-0.2, 0) is 20.9 Å². The van der Waals surface area contributed by atoms with Gasteiger partial charge in [0.1, 0.15) is 0 Å². The SMILES string of the molecule is Clc1ccc2nc(NC3=NC4(c5ccccn5)N=C(Nc5nc6ccccc6[nH]5)NC4(c4ccccn4)N3)[nH]c2c1.O=C(O)C(F)(F)F.O=C(O)C(F)(F)F. The number of hydrogen-bond donors (Lipinski definition) is 8. The van der Waals surface area contributed by atoms with Gasteiger partial charge in [-0.15, -0.1) is 0 Å². The molecule has 2 atom stereocenters. The molecule has 55 heavy (non-hydrogen) atoms. The summed E-state index contributed by atoms with van der Waals surface area (Å²) in [7, 11) is 0. The number of rotatable bonds is 4. The molecule has 8 N–H and O–H groups in total. The van der Waals surface area contributed by atoms with Crippen molar-refractivity contribution in [2.45, 2.75) is 23.7 Å². The van der Waals surface area contributed by atoms with Gasteiger partial charge in [0.05, 0.1) is 33.5 Å². The van der Waals surface area contributed by atoms with E-state index in [1.165, 1.54) is 0 Å². The van der Waals surface area contributed by atoms with Crippen LogP contribution in [0.5, 0.6) is 0 Å². The van der Waals surface area contributed by atoms with E-state index < -0.39 is 35.6 Å². The Hall–Kier alpha value is -6.97. The van der Waals surface area contributed by atoms with Crippen molar-refractivity contribution in [3.8, 4) is 0 Å². The van der Waals surface area contributed by atoms with Crippen LogP contribution >= 0.6 is 11.6 Å². The van der Waals surface area contributed by atoms with Gasteiger partial charge in [-0.1, -0.05) is 35.9 Å². The Bertz CT molecular complexity index is 2370. The van der Waals surface area contributed by atoms with Gasteiger partial charge >= 0.3 is 24.3 Å². The lowest BCUT2D eigenvalue weighted by Crippen LogP contribution is -2.61. The molecule has 8 rings (SSSR count). The Morgan fingerprint density at radius 2 is 1.13 bits per heavy atom. The maximum atomic E-state index is 10.6. The minimum absolute atomic E-state index is 0.422. The van der Waals surface area contributed by atoms with Crippen LogP contribution in [0.3, 0.4) is 0 Å². The quantitative estimate of drug-likeness (QED) is 0.107. The molecule has 2 aliphatic heterocycles. The number of carbonyl (C=O) groups is 2. The van der Waals surface area contributed by atoms with Crippen molar-refractivity contribution < 1.29 is 46.1 Å². The monoisotopic (exact) mass is 788 g/mol. The molecule has 0 saturated heterocycles. The van der Waals surface area contributed by atoms with Crippen LogP contribution < -0.4 is 21.3 Å². The molecule has 6 heterocycles. The highest BCUT2D eigenvalue weighted by Crippen LogP contribution is 2.48. The summed E-state index contributed by atoms with van der Waals surface area (Å²) >= 11 is 6.18. The fraction of sp³-hybridized carbons (Fsp3) is 0.125. The van der Waals surface area contributed by atoms with Gasteiger partial charge in [-0.2, -0.15) is 26.3 Å². The number of nitrogens with zero attached hydrogens (tertiary/aromatic N) is 6. The largest absolute Gasteiger partial charge is 0.490 e. The number of para-hydroxylation sites is 2. The average Bonchev–Trinajstić information content (AvgIpc) is 3.88. The highest BCUT2D eigenvalue weighted by molar-refractivity contribution is 6.31. The molecule has 0 amide bonds. The highest BCUT2D eigenvalue weighted by Gasteiger charge is 2.65. The number of hydrogen-bond acceptors (Lipinski definition) is 12. The number of aromatic amines is 2. The molecule has 0 bridgehead atoms. The average molecular weight is 789 g/mol. The van der Waals surface area contributed by atoms with Crippen molar-refractivity contribution in [1.82, 2.24) is 40.5 Å². The van der Waals surface area contributed by atoms with Crippen LogP contribution in [0.15, 0.2) is 101 Å². The number of aromatic nitrogens is 6. The molecule has 284 valence electrons. The van der Waals surface area contributed by atoms with Crippen molar-refractivity contribution in [1.29, 1.82) is 0 Å². The van der Waals surface area contributed by atoms with Gasteiger partial charge in [0.2, 0.25) is 35.1 Å². The number of H-pyrrole nitrogens is 2. The Labute approximate surface area is 307 Å². The maximum absolute atomic E-state index is 10.6. The molecule has 0 saturated carbocycles. The number of imidazole rings is 2. The summed E-state index contributed by atoms with van der Waals surface area (Å²) in [6.45, 7) is 0. The molecule has 2 aliphatic rings. The van der Waals surface area contributed by atoms with Crippen molar-refractivity contribution in [3.05, 3.63) is 108 Å². The van der Waals surface area contributed by atoms with Gasteiger partial charge < -0.3 is 30.8 Å². The number of benzene rings is 2. The Morgan fingerprint density at radius 3 is 1.62 bits per heavy atom. The zero-order valence-corrected chi connectivity index (χ0v) is 28.0. The van der Waals surface area contributed by atoms with E-state index in [-0.39, 0.29) is 0 Å². The minimum atomic E-state index is -5.08. The van der Waals surface area contributed by atoms with E-state index in [2.05, 4.69) is 46.2 Å². The second-order valence-electron chi connectivity index (χ2n) is 11.2. The number of carboxylic acid groups (broad SMARTS) is 2. The standard InChI is InChI=1S/C28H21ClN12.2C2HF3O2/c29-16-11-12-19-20(15-16)35-24(34-19)37-26-40-27(21-9-3-5-13-30-21)28(41-26,22-10-4-6-14-31-22)39-25(38-27)36-23-32-17-7-1-2-8-18(17)33-23;2*3-2(4,5)1(6)7/h1-15H,(H3,32,33,36,38,39)(H3,34,35,37,40,41);2*(H,6,7). The fourth-order valence-electron chi connectivity index (χ4n) is 5.30. The van der Waals surface area contributed by atoms with Gasteiger partial charge in [0, 0.05) is 17.4 Å². The summed E-state index contributed by atoms with van der Waals surface area (Å²) in [6, 6.07) is 24.6. The molecule has 6 aromatic rings. The molecular formula is C32H23ClF6N12O4. The van der Waals surface area contributed by atoms with Crippen LogP contribution in [0, 0.1) is 0 Å². The van der Waals surface area contributed by atoms with Gasteiger partial charge in [-0.3, -0.25) is 20.6 Å². The second kappa shape index (κ2) is 14.5. The summed E-state index contributed by atoms with van der Waals surface area (Å²) in [5.74, 6) is -3.63. The van der Waals surface area contributed by atoms with Crippen molar-refractivity contribution in [2.24, 2.45) is 9.98 Å². The first kappa shape index (κ1) is 37.8. The molecule has 4 aromatic heterocycles. The number of pyridine rings is 2. The summed E-state index contributed by atoms with van der Waals surface area (Å²) in [5.41, 5.74) is 2.15. The van der Waals surface area contributed by atoms with Gasteiger partial charge in [-0.05, 0) is 54.6 Å². The van der Waals surface area contributed by atoms with E-state index in [1.54, 1.807) is 18.5 Å². The first-order valence-corrected chi connectivity index (χ1v) is 15.7. The van der Waals surface area contributed by atoms with Gasteiger partial charge in [-0.25, -0.2) is 29.5 Å². The number of nitrogens with one attached hydrogen (secondary N) is 6. The Kier molecular flexibility index (Phi) is 9.93. The first-order valence-electron chi connectivity index (χ1n) is 15.3. The maximum Gasteiger partial charge on any atom is 0.490 e. The zero-order chi connectivity index (χ0) is 39.6. The molecule has 23 heteroatoms. The molecule has 0 radical (unpaired) electrons. The van der Waals surface area contributed by atoms with E-state index in [4.69, 9.17) is 46.4 Å². The molecule has 0 fully saturated rings. The lowest BCUT2D eigenvalue weighted by Gasteiger charge is -2.35. The smallest absolute Gasteiger partial charge is 0.475 e. The Balaban J connectivity index is 0.000000315. The van der Waals surface area contributed by atoms with Crippen LogP contribution in [-0.4, -0.2) is 76.3 Å². The number of fused-ring (bicyclic) bond motifs is 3. The van der Waals surface area contributed by atoms with Crippen LogP contribution in [0.25, 0.3) is 22.1 Å². The molecule has 2 unspecified atom stereocenters. The Morgan fingerprint density at radius 1 is 0.655 bits per heavy atom. The molecule has 0 spiro atoms. The normalized spacial score (nSPS) is 18.7. The summed E-state index contributed by atoms with van der Waals surface area (Å²) < 4.78 is 63.5. The summed E-state index contributed by atoms with van der Waals surface area (Å²) in [6.07, 6.45) is -6.72. The first-order chi connectivity index (χ1) is 26.0. The number of halogens is 7. The number of carboxylic acids is 2. The molecule has 0 aliphatic carbocycles. The second-order valence-corrected chi connectivity index (χ2v) is 11.7. The number of alkyl halides is 6. The van der Waals surface area contributed by atoms with E-state index >= 15 is 0 Å². The summed E-state index contributed by atoms with van der Waals surface area (Å²) in [4.78, 5) is 53.2. The third kappa shape index (κ3) is 7.88. The highest BCUT2D eigenvalue weighted by atomic mass is 35.5.